The van der Waals surface area contributed by atoms with Crippen LogP contribution in [0.25, 0.3) is 10.9 Å². The summed E-state index contributed by atoms with van der Waals surface area (Å²) in [6, 6.07) is 5.23. The Hall–Kier alpha value is -2.22. The lowest BCUT2D eigenvalue weighted by molar-refractivity contribution is -0.274. The van der Waals surface area contributed by atoms with Crippen LogP contribution in [0.15, 0.2) is 24.3 Å². The average molecular weight is 328 g/mol. The number of ether oxygens (including phenoxy) is 1. The van der Waals surface area contributed by atoms with Crippen LogP contribution < -0.4 is 4.74 Å². The van der Waals surface area contributed by atoms with E-state index in [1.54, 1.807) is 11.0 Å². The van der Waals surface area contributed by atoms with Gasteiger partial charge in [-0.1, -0.05) is 0 Å². The van der Waals surface area contributed by atoms with Gasteiger partial charge in [-0.05, 0) is 31.0 Å². The molecular formula is C15H15F3N2O3. The number of hydrogen-bond donors (Lipinski definition) is 2. The quantitative estimate of drug-likeness (QED) is 0.910. The van der Waals surface area contributed by atoms with Crippen LogP contribution in [-0.2, 0) is 0 Å². The fourth-order valence-corrected chi connectivity index (χ4v) is 2.87. The van der Waals surface area contributed by atoms with Gasteiger partial charge in [0.2, 0.25) is 0 Å². The lowest BCUT2D eigenvalue weighted by Crippen LogP contribution is -2.37. The monoisotopic (exact) mass is 328 g/mol. The Morgan fingerprint density at radius 1 is 1.39 bits per heavy atom. The minimum Gasteiger partial charge on any atom is -0.406 e. The van der Waals surface area contributed by atoms with Crippen molar-refractivity contribution >= 4 is 16.8 Å². The highest BCUT2D eigenvalue weighted by molar-refractivity contribution is 5.98. The molecular weight excluding hydrogens is 313 g/mol. The molecule has 1 aliphatic rings. The Morgan fingerprint density at radius 3 is 2.87 bits per heavy atom. The number of halogens is 3. The number of fused-ring (bicyclic) bond motifs is 1. The maximum absolute atomic E-state index is 12.5. The molecule has 2 aromatic rings. The van der Waals surface area contributed by atoms with E-state index in [9.17, 15) is 23.1 Å². The van der Waals surface area contributed by atoms with Gasteiger partial charge in [0.05, 0.1) is 12.6 Å². The van der Waals surface area contributed by atoms with E-state index in [0.717, 1.165) is 12.8 Å². The van der Waals surface area contributed by atoms with Gasteiger partial charge in [0.1, 0.15) is 11.4 Å². The van der Waals surface area contributed by atoms with Crippen molar-refractivity contribution in [2.24, 2.45) is 0 Å². The Balaban J connectivity index is 1.86. The van der Waals surface area contributed by atoms with Gasteiger partial charge in [-0.2, -0.15) is 0 Å². The fraction of sp³-hybridized carbons (Fsp3) is 0.400. The van der Waals surface area contributed by atoms with Crippen LogP contribution in [0.5, 0.6) is 5.75 Å². The molecule has 124 valence electrons. The SMILES string of the molecule is O=C(c1cc2ccc(OC(F)(F)F)cc2[nH]1)N1CCC[C@@H]1CO. The minimum atomic E-state index is -4.76. The van der Waals surface area contributed by atoms with Crippen LogP contribution in [-0.4, -0.2) is 46.5 Å². The van der Waals surface area contributed by atoms with E-state index in [0.29, 0.717) is 17.4 Å². The number of aromatic amines is 1. The van der Waals surface area contributed by atoms with Gasteiger partial charge >= 0.3 is 6.36 Å². The maximum atomic E-state index is 12.5. The summed E-state index contributed by atoms with van der Waals surface area (Å²) in [5, 5.41) is 9.90. The first-order valence-corrected chi connectivity index (χ1v) is 7.18. The van der Waals surface area contributed by atoms with E-state index in [1.807, 2.05) is 0 Å². The first-order valence-electron chi connectivity index (χ1n) is 7.18. The number of carbonyl (C=O) groups excluding carboxylic acids is 1. The molecule has 2 N–H and O–H groups in total. The van der Waals surface area contributed by atoms with Gasteiger partial charge in [0, 0.05) is 23.5 Å². The molecule has 1 fully saturated rings. The number of alkyl halides is 3. The maximum Gasteiger partial charge on any atom is 0.573 e. The van der Waals surface area contributed by atoms with Crippen LogP contribution >= 0.6 is 0 Å². The van der Waals surface area contributed by atoms with Crippen LogP contribution in [0.1, 0.15) is 23.3 Å². The standard InChI is InChI=1S/C15H15F3N2O3/c16-15(17,18)23-11-4-3-9-6-13(19-12(9)7-11)14(22)20-5-1-2-10(20)8-21/h3-4,6-7,10,19,21H,1-2,5,8H2/t10-/m1/s1. The number of aliphatic hydroxyl groups is 1. The number of rotatable bonds is 3. The Kier molecular flexibility index (Phi) is 3.93. The zero-order valence-corrected chi connectivity index (χ0v) is 12.1. The Bertz CT molecular complexity index is 726. The molecule has 1 atom stereocenters. The molecule has 3 rings (SSSR count). The van der Waals surface area contributed by atoms with Crippen molar-refractivity contribution in [2.45, 2.75) is 25.2 Å². The molecule has 2 heterocycles. The fourth-order valence-electron chi connectivity index (χ4n) is 2.87. The number of nitrogens with zero attached hydrogens (tertiary/aromatic N) is 1. The first-order chi connectivity index (χ1) is 10.9. The van der Waals surface area contributed by atoms with E-state index < -0.39 is 6.36 Å². The highest BCUT2D eigenvalue weighted by Gasteiger charge is 2.32. The number of carbonyl (C=O) groups is 1. The molecule has 0 radical (unpaired) electrons. The van der Waals surface area contributed by atoms with E-state index >= 15 is 0 Å². The van der Waals surface area contributed by atoms with Crippen molar-refractivity contribution in [3.8, 4) is 5.75 Å². The highest BCUT2D eigenvalue weighted by atomic mass is 19.4. The average Bonchev–Trinajstić information content (AvgIpc) is 3.10. The third-order valence-electron chi connectivity index (χ3n) is 3.91. The number of H-pyrrole nitrogens is 1. The summed E-state index contributed by atoms with van der Waals surface area (Å²) in [5.41, 5.74) is 0.666. The molecule has 1 aromatic heterocycles. The van der Waals surface area contributed by atoms with E-state index in [2.05, 4.69) is 9.72 Å². The molecule has 23 heavy (non-hydrogen) atoms. The van der Waals surface area contributed by atoms with Crippen molar-refractivity contribution in [1.82, 2.24) is 9.88 Å². The second-order valence-corrected chi connectivity index (χ2v) is 5.46. The predicted molar refractivity (Wildman–Crippen MR) is 76.1 cm³/mol. The second-order valence-electron chi connectivity index (χ2n) is 5.46. The molecule has 0 spiro atoms. The molecule has 0 bridgehead atoms. The number of nitrogens with one attached hydrogen (secondary N) is 1. The zero-order valence-electron chi connectivity index (χ0n) is 12.1. The zero-order chi connectivity index (χ0) is 16.6. The molecule has 1 aliphatic heterocycles. The lowest BCUT2D eigenvalue weighted by atomic mass is 10.2. The van der Waals surface area contributed by atoms with E-state index in [4.69, 9.17) is 0 Å². The summed E-state index contributed by atoms with van der Waals surface area (Å²) in [4.78, 5) is 16.9. The number of aliphatic hydroxyl groups excluding tert-OH is 1. The number of likely N-dealkylation sites (tertiary alicyclic amines) is 1. The summed E-state index contributed by atoms with van der Waals surface area (Å²) >= 11 is 0. The van der Waals surface area contributed by atoms with Gasteiger partial charge in [0.15, 0.2) is 0 Å². The normalized spacial score (nSPS) is 18.6. The third kappa shape index (κ3) is 3.26. The third-order valence-corrected chi connectivity index (χ3v) is 3.91. The lowest BCUT2D eigenvalue weighted by Gasteiger charge is -2.22. The number of benzene rings is 1. The minimum absolute atomic E-state index is 0.102. The van der Waals surface area contributed by atoms with Gasteiger partial charge in [-0.3, -0.25) is 4.79 Å². The van der Waals surface area contributed by atoms with Crippen molar-refractivity contribution in [2.75, 3.05) is 13.2 Å². The van der Waals surface area contributed by atoms with Gasteiger partial charge < -0.3 is 19.7 Å². The predicted octanol–water partition coefficient (Wildman–Crippen LogP) is 2.66. The van der Waals surface area contributed by atoms with E-state index in [1.165, 1.54) is 18.2 Å². The number of hydrogen-bond acceptors (Lipinski definition) is 3. The highest BCUT2D eigenvalue weighted by Crippen LogP contribution is 2.28. The molecule has 5 nitrogen and oxygen atoms in total. The molecule has 0 unspecified atom stereocenters. The van der Waals surface area contributed by atoms with Crippen molar-refractivity contribution in [1.29, 1.82) is 0 Å². The van der Waals surface area contributed by atoms with Crippen LogP contribution in [0, 0.1) is 0 Å². The van der Waals surface area contributed by atoms with Crippen LogP contribution in [0.4, 0.5) is 13.2 Å². The molecule has 1 amide bonds. The van der Waals surface area contributed by atoms with Crippen molar-refractivity contribution in [3.05, 3.63) is 30.0 Å². The summed E-state index contributed by atoms with van der Waals surface area (Å²) in [5.74, 6) is -0.615. The molecule has 1 aromatic carbocycles. The molecule has 0 aliphatic carbocycles. The number of amides is 1. The summed E-state index contributed by atoms with van der Waals surface area (Å²) in [6.45, 7) is 0.456. The summed E-state index contributed by atoms with van der Waals surface area (Å²) in [7, 11) is 0. The molecule has 0 saturated carbocycles. The topological polar surface area (TPSA) is 65.6 Å². The smallest absolute Gasteiger partial charge is 0.406 e. The second kappa shape index (κ2) is 5.77. The van der Waals surface area contributed by atoms with Gasteiger partial charge in [0.25, 0.3) is 5.91 Å². The first kappa shape index (κ1) is 15.7. The Morgan fingerprint density at radius 2 is 2.17 bits per heavy atom. The van der Waals surface area contributed by atoms with E-state index in [-0.39, 0.29) is 30.0 Å². The summed E-state index contributed by atoms with van der Waals surface area (Å²) in [6.07, 6.45) is -3.20. The number of aromatic nitrogens is 1. The van der Waals surface area contributed by atoms with Crippen molar-refractivity contribution in [3.63, 3.8) is 0 Å². The summed E-state index contributed by atoms with van der Waals surface area (Å²) < 4.78 is 40.6. The molecule has 1 saturated heterocycles. The van der Waals surface area contributed by atoms with Crippen molar-refractivity contribution < 1.29 is 27.8 Å². The van der Waals surface area contributed by atoms with Crippen LogP contribution in [0.2, 0.25) is 0 Å². The molecule has 8 heteroatoms. The van der Waals surface area contributed by atoms with Gasteiger partial charge in [-0.15, -0.1) is 13.2 Å². The van der Waals surface area contributed by atoms with Crippen LogP contribution in [0.3, 0.4) is 0 Å². The Labute approximate surface area is 129 Å². The largest absolute Gasteiger partial charge is 0.573 e. The van der Waals surface area contributed by atoms with Gasteiger partial charge in [-0.25, -0.2) is 0 Å².